The van der Waals surface area contributed by atoms with E-state index in [0.717, 1.165) is 19.4 Å². The third-order valence-corrected chi connectivity index (χ3v) is 4.71. The van der Waals surface area contributed by atoms with Gasteiger partial charge in [-0.15, -0.1) is 0 Å². The first-order valence-electron chi connectivity index (χ1n) is 8.97. The zero-order valence-corrected chi connectivity index (χ0v) is 16.7. The minimum Gasteiger partial charge on any atom is -0.492 e. The third-order valence-electron chi connectivity index (χ3n) is 4.09. The maximum absolute atomic E-state index is 12.4. The Kier molecular flexibility index (Phi) is 7.33. The normalized spacial score (nSPS) is 10.8. The lowest BCUT2D eigenvalue weighted by Crippen LogP contribution is -2.26. The fourth-order valence-corrected chi connectivity index (χ4v) is 2.93. The Balaban J connectivity index is 1.45. The maximum Gasteiger partial charge on any atom is 0.287 e. The van der Waals surface area contributed by atoms with Crippen molar-refractivity contribution < 1.29 is 4.74 Å². The van der Waals surface area contributed by atoms with Crippen LogP contribution in [0.1, 0.15) is 12.8 Å². The van der Waals surface area contributed by atoms with E-state index in [4.69, 9.17) is 27.9 Å². The van der Waals surface area contributed by atoms with Gasteiger partial charge in [-0.1, -0.05) is 23.2 Å². The molecule has 0 saturated carbocycles. The average molecular weight is 422 g/mol. The van der Waals surface area contributed by atoms with Crippen molar-refractivity contribution in [3.8, 4) is 5.75 Å². The summed E-state index contributed by atoms with van der Waals surface area (Å²) in [6.07, 6.45) is 9.00. The van der Waals surface area contributed by atoms with Crippen molar-refractivity contribution in [2.75, 3.05) is 18.5 Å². The second kappa shape index (κ2) is 10.1. The average Bonchev–Trinajstić information content (AvgIpc) is 3.21. The van der Waals surface area contributed by atoms with E-state index in [1.807, 2.05) is 10.8 Å². The molecule has 9 heteroatoms. The number of aromatic nitrogens is 4. The standard InChI is InChI=1S/C19H21Cl2N5O2/c20-15-3-5-16(6-4-15)28-12-11-26-19(27)18(21)17(13-24-26)23-7-1-2-9-25-10-8-22-14-25/h3-6,8,10,13-14,23H,1-2,7,9,11-12H2. The molecule has 0 aliphatic carbocycles. The number of imidazole rings is 1. The van der Waals surface area contributed by atoms with Crippen LogP contribution >= 0.6 is 23.2 Å². The number of unbranched alkanes of at least 4 members (excludes halogenated alkanes) is 1. The van der Waals surface area contributed by atoms with Crippen molar-refractivity contribution in [3.63, 3.8) is 0 Å². The number of hydrogen-bond donors (Lipinski definition) is 1. The van der Waals surface area contributed by atoms with E-state index >= 15 is 0 Å². The van der Waals surface area contributed by atoms with Gasteiger partial charge < -0.3 is 14.6 Å². The van der Waals surface area contributed by atoms with Gasteiger partial charge in [-0.2, -0.15) is 5.10 Å². The highest BCUT2D eigenvalue weighted by molar-refractivity contribution is 6.32. The molecule has 0 aliphatic heterocycles. The summed E-state index contributed by atoms with van der Waals surface area (Å²) in [4.78, 5) is 16.4. The molecular formula is C19H21Cl2N5O2. The summed E-state index contributed by atoms with van der Waals surface area (Å²) in [5.74, 6) is 0.678. The Morgan fingerprint density at radius 3 is 2.68 bits per heavy atom. The van der Waals surface area contributed by atoms with E-state index in [1.165, 1.54) is 4.68 Å². The predicted molar refractivity (Wildman–Crippen MR) is 110 cm³/mol. The lowest BCUT2D eigenvalue weighted by Gasteiger charge is -2.11. The number of rotatable bonds is 10. The highest BCUT2D eigenvalue weighted by Gasteiger charge is 2.09. The molecule has 1 N–H and O–H groups in total. The van der Waals surface area contributed by atoms with Crippen LogP contribution in [0.2, 0.25) is 10.0 Å². The van der Waals surface area contributed by atoms with E-state index < -0.39 is 0 Å². The second-order valence-electron chi connectivity index (χ2n) is 6.14. The van der Waals surface area contributed by atoms with Crippen molar-refractivity contribution in [2.24, 2.45) is 0 Å². The van der Waals surface area contributed by atoms with Gasteiger partial charge in [0.1, 0.15) is 17.4 Å². The number of aryl methyl sites for hydroxylation is 1. The van der Waals surface area contributed by atoms with Crippen LogP contribution in [0.3, 0.4) is 0 Å². The van der Waals surface area contributed by atoms with Crippen LogP contribution in [0.15, 0.2) is 54.0 Å². The topological polar surface area (TPSA) is 74.0 Å². The second-order valence-corrected chi connectivity index (χ2v) is 6.95. The maximum atomic E-state index is 12.4. The van der Waals surface area contributed by atoms with Crippen LogP contribution in [0.4, 0.5) is 5.69 Å². The number of anilines is 1. The van der Waals surface area contributed by atoms with Gasteiger partial charge in [-0.05, 0) is 37.1 Å². The van der Waals surface area contributed by atoms with E-state index in [0.29, 0.717) is 36.2 Å². The first-order chi connectivity index (χ1) is 13.6. The van der Waals surface area contributed by atoms with Crippen LogP contribution in [0, 0.1) is 0 Å². The van der Waals surface area contributed by atoms with Gasteiger partial charge >= 0.3 is 0 Å². The Morgan fingerprint density at radius 2 is 1.93 bits per heavy atom. The number of halogens is 2. The van der Waals surface area contributed by atoms with E-state index in [1.54, 1.807) is 43.0 Å². The summed E-state index contributed by atoms with van der Waals surface area (Å²) in [6.45, 7) is 2.21. The largest absolute Gasteiger partial charge is 0.492 e. The van der Waals surface area contributed by atoms with E-state index in [-0.39, 0.29) is 10.6 Å². The van der Waals surface area contributed by atoms with Gasteiger partial charge in [0.05, 0.1) is 24.8 Å². The molecule has 2 aromatic heterocycles. The molecule has 1 aromatic carbocycles. The molecule has 0 radical (unpaired) electrons. The fraction of sp³-hybridized carbons (Fsp3) is 0.316. The zero-order chi connectivity index (χ0) is 19.8. The quantitative estimate of drug-likeness (QED) is 0.504. The van der Waals surface area contributed by atoms with Gasteiger partial charge in [0, 0.05) is 30.5 Å². The van der Waals surface area contributed by atoms with Gasteiger partial charge in [-0.3, -0.25) is 4.79 Å². The summed E-state index contributed by atoms with van der Waals surface area (Å²) in [5.41, 5.74) is 0.203. The third kappa shape index (κ3) is 5.74. The number of ether oxygens (including phenoxy) is 1. The van der Waals surface area contributed by atoms with Gasteiger partial charge in [-0.25, -0.2) is 9.67 Å². The van der Waals surface area contributed by atoms with Gasteiger partial charge in [0.25, 0.3) is 5.56 Å². The molecule has 0 amide bonds. The minimum absolute atomic E-state index is 0.135. The molecule has 0 unspecified atom stereocenters. The molecule has 28 heavy (non-hydrogen) atoms. The van der Waals surface area contributed by atoms with Crippen LogP contribution in [0.25, 0.3) is 0 Å². The minimum atomic E-state index is -0.343. The summed E-state index contributed by atoms with van der Waals surface area (Å²) in [6, 6.07) is 7.03. The monoisotopic (exact) mass is 421 g/mol. The van der Waals surface area contributed by atoms with Crippen LogP contribution < -0.4 is 15.6 Å². The Labute approximate surface area is 172 Å². The Bertz CT molecular complexity index is 926. The number of nitrogens with one attached hydrogen (secondary N) is 1. The molecule has 0 atom stereocenters. The smallest absolute Gasteiger partial charge is 0.287 e. The van der Waals surface area contributed by atoms with Crippen LogP contribution in [-0.4, -0.2) is 32.5 Å². The van der Waals surface area contributed by atoms with Gasteiger partial charge in [0.15, 0.2) is 0 Å². The molecule has 2 heterocycles. The van der Waals surface area contributed by atoms with Crippen molar-refractivity contribution in [1.29, 1.82) is 0 Å². The molecular weight excluding hydrogens is 401 g/mol. The first-order valence-corrected chi connectivity index (χ1v) is 9.72. The highest BCUT2D eigenvalue weighted by Crippen LogP contribution is 2.16. The SMILES string of the molecule is O=c1c(Cl)c(NCCCCn2ccnc2)cnn1CCOc1ccc(Cl)cc1. The van der Waals surface area contributed by atoms with Crippen molar-refractivity contribution in [3.05, 3.63) is 69.6 Å². The Hall–Kier alpha value is -2.51. The fourth-order valence-electron chi connectivity index (χ4n) is 2.59. The van der Waals surface area contributed by atoms with Crippen LogP contribution in [0.5, 0.6) is 5.75 Å². The summed E-state index contributed by atoms with van der Waals surface area (Å²) >= 11 is 12.0. The summed E-state index contributed by atoms with van der Waals surface area (Å²) in [7, 11) is 0. The zero-order valence-electron chi connectivity index (χ0n) is 15.2. The van der Waals surface area contributed by atoms with Crippen molar-refractivity contribution in [1.82, 2.24) is 19.3 Å². The lowest BCUT2D eigenvalue weighted by atomic mass is 10.3. The molecule has 0 bridgehead atoms. The van der Waals surface area contributed by atoms with E-state index in [9.17, 15) is 4.79 Å². The molecule has 3 aromatic rings. The molecule has 148 valence electrons. The highest BCUT2D eigenvalue weighted by atomic mass is 35.5. The number of hydrogen-bond acceptors (Lipinski definition) is 5. The predicted octanol–water partition coefficient (Wildman–Crippen LogP) is 3.72. The molecule has 0 saturated heterocycles. The van der Waals surface area contributed by atoms with E-state index in [2.05, 4.69) is 15.4 Å². The van der Waals surface area contributed by atoms with Crippen molar-refractivity contribution >= 4 is 28.9 Å². The Morgan fingerprint density at radius 1 is 1.11 bits per heavy atom. The summed E-state index contributed by atoms with van der Waals surface area (Å²) in [5, 5.41) is 8.12. The first kappa shape index (κ1) is 20.2. The van der Waals surface area contributed by atoms with Gasteiger partial charge in [0.2, 0.25) is 0 Å². The molecule has 0 aliphatic rings. The molecule has 3 rings (SSSR count). The number of nitrogens with zero attached hydrogens (tertiary/aromatic N) is 4. The molecule has 0 fully saturated rings. The number of benzene rings is 1. The molecule has 0 spiro atoms. The lowest BCUT2D eigenvalue weighted by molar-refractivity contribution is 0.288. The summed E-state index contributed by atoms with van der Waals surface area (Å²) < 4.78 is 8.91. The van der Waals surface area contributed by atoms with Crippen LogP contribution in [-0.2, 0) is 13.1 Å². The molecule has 7 nitrogen and oxygen atoms in total. The van der Waals surface area contributed by atoms with Crippen molar-refractivity contribution in [2.45, 2.75) is 25.9 Å².